The van der Waals surface area contributed by atoms with Crippen molar-refractivity contribution < 1.29 is 22.7 Å². The van der Waals surface area contributed by atoms with Gasteiger partial charge in [-0.1, -0.05) is 17.7 Å². The number of hydrogen-bond acceptors (Lipinski definition) is 7. The molecule has 1 aliphatic rings. The van der Waals surface area contributed by atoms with Gasteiger partial charge in [-0.25, -0.2) is 8.42 Å². The molecule has 1 aliphatic heterocycles. The fraction of sp³-hybridized carbons (Fsp3) is 0.389. The molecule has 0 aliphatic carbocycles. The minimum absolute atomic E-state index is 0.139. The van der Waals surface area contributed by atoms with Crippen LogP contribution in [0.1, 0.15) is 0 Å². The zero-order valence-corrected chi connectivity index (χ0v) is 18.4. The minimum atomic E-state index is -3.46. The van der Waals surface area contributed by atoms with Crippen molar-refractivity contribution in [3.05, 3.63) is 34.7 Å². The molecule has 0 spiro atoms. The van der Waals surface area contributed by atoms with Crippen molar-refractivity contribution in [1.82, 2.24) is 9.21 Å². The molecule has 158 valence electrons. The Labute approximate surface area is 179 Å². The SMILES string of the molecule is COc1cc(OC)c(NC(=O)CN2CCN(S(=O)(=O)c3cccs3)CC2)cc1Cl. The van der Waals surface area contributed by atoms with Gasteiger partial charge in [0, 0.05) is 32.2 Å². The summed E-state index contributed by atoms with van der Waals surface area (Å²) in [6.45, 7) is 1.76. The fourth-order valence-corrected chi connectivity index (χ4v) is 5.82. The van der Waals surface area contributed by atoms with Crippen molar-refractivity contribution in [3.63, 3.8) is 0 Å². The van der Waals surface area contributed by atoms with Crippen LogP contribution >= 0.6 is 22.9 Å². The molecule has 8 nitrogen and oxygen atoms in total. The maximum Gasteiger partial charge on any atom is 0.252 e. The number of sulfonamides is 1. The second kappa shape index (κ2) is 9.31. The molecule has 1 amide bonds. The number of piperazine rings is 1. The van der Waals surface area contributed by atoms with Gasteiger partial charge in [0.1, 0.15) is 15.7 Å². The number of thiophene rings is 1. The molecule has 1 N–H and O–H groups in total. The van der Waals surface area contributed by atoms with E-state index >= 15 is 0 Å². The number of hydrogen-bond donors (Lipinski definition) is 1. The average Bonchev–Trinajstić information content (AvgIpc) is 3.24. The number of benzene rings is 1. The molecule has 0 bridgehead atoms. The Morgan fingerprint density at radius 3 is 2.45 bits per heavy atom. The van der Waals surface area contributed by atoms with Gasteiger partial charge < -0.3 is 14.8 Å². The normalized spacial score (nSPS) is 15.8. The number of anilines is 1. The van der Waals surface area contributed by atoms with E-state index in [2.05, 4.69) is 5.32 Å². The third kappa shape index (κ3) is 5.01. The van der Waals surface area contributed by atoms with Crippen LogP contribution in [0.2, 0.25) is 5.02 Å². The van der Waals surface area contributed by atoms with E-state index in [1.807, 2.05) is 4.90 Å². The third-order valence-corrected chi connectivity index (χ3v) is 8.10. The summed E-state index contributed by atoms with van der Waals surface area (Å²) in [5.41, 5.74) is 0.446. The van der Waals surface area contributed by atoms with Crippen molar-refractivity contribution in [2.24, 2.45) is 0 Å². The first-order valence-corrected chi connectivity index (χ1v) is 11.5. The highest BCUT2D eigenvalue weighted by atomic mass is 35.5. The predicted octanol–water partition coefficient (Wildman–Crippen LogP) is 2.36. The summed E-state index contributed by atoms with van der Waals surface area (Å²) in [5.74, 6) is 0.648. The maximum absolute atomic E-state index is 12.6. The van der Waals surface area contributed by atoms with Crippen molar-refractivity contribution >= 4 is 44.6 Å². The first-order valence-electron chi connectivity index (χ1n) is 8.82. The molecule has 1 saturated heterocycles. The number of ether oxygens (including phenoxy) is 2. The number of carbonyl (C=O) groups is 1. The van der Waals surface area contributed by atoms with Gasteiger partial charge in [0.15, 0.2) is 0 Å². The Kier molecular flexibility index (Phi) is 7.01. The Balaban J connectivity index is 1.57. The number of carbonyl (C=O) groups excluding carboxylic acids is 1. The molecular weight excluding hydrogens is 438 g/mol. The van der Waals surface area contributed by atoms with Gasteiger partial charge >= 0.3 is 0 Å². The summed E-state index contributed by atoms with van der Waals surface area (Å²) in [4.78, 5) is 14.4. The summed E-state index contributed by atoms with van der Waals surface area (Å²) in [6.07, 6.45) is 0. The first kappa shape index (κ1) is 21.8. The quantitative estimate of drug-likeness (QED) is 0.683. The predicted molar refractivity (Wildman–Crippen MR) is 113 cm³/mol. The van der Waals surface area contributed by atoms with Crippen molar-refractivity contribution in [3.8, 4) is 11.5 Å². The van der Waals surface area contributed by atoms with E-state index in [1.54, 1.807) is 29.6 Å². The lowest BCUT2D eigenvalue weighted by Crippen LogP contribution is -2.50. The van der Waals surface area contributed by atoms with Gasteiger partial charge in [-0.15, -0.1) is 11.3 Å². The molecule has 0 atom stereocenters. The highest BCUT2D eigenvalue weighted by Crippen LogP contribution is 2.35. The zero-order valence-electron chi connectivity index (χ0n) is 16.1. The summed E-state index contributed by atoms with van der Waals surface area (Å²) in [6, 6.07) is 6.50. The Morgan fingerprint density at radius 1 is 1.17 bits per heavy atom. The van der Waals surface area contributed by atoms with E-state index in [0.717, 1.165) is 0 Å². The molecule has 2 aromatic rings. The van der Waals surface area contributed by atoms with Gasteiger partial charge in [-0.05, 0) is 17.5 Å². The van der Waals surface area contributed by atoms with E-state index in [4.69, 9.17) is 21.1 Å². The van der Waals surface area contributed by atoms with Crippen LogP contribution in [0.25, 0.3) is 0 Å². The number of rotatable bonds is 7. The first-order chi connectivity index (χ1) is 13.8. The van der Waals surface area contributed by atoms with E-state index in [1.165, 1.54) is 29.9 Å². The molecule has 1 aromatic heterocycles. The van der Waals surface area contributed by atoms with Crippen LogP contribution < -0.4 is 14.8 Å². The van der Waals surface area contributed by atoms with Gasteiger partial charge in [-0.2, -0.15) is 4.31 Å². The van der Waals surface area contributed by atoms with E-state index in [9.17, 15) is 13.2 Å². The monoisotopic (exact) mass is 459 g/mol. The number of halogens is 1. The van der Waals surface area contributed by atoms with Crippen LogP contribution in [0.3, 0.4) is 0 Å². The lowest BCUT2D eigenvalue weighted by Gasteiger charge is -2.33. The Bertz CT molecular complexity index is 958. The number of nitrogens with zero attached hydrogens (tertiary/aromatic N) is 2. The van der Waals surface area contributed by atoms with Crippen LogP contribution in [0, 0.1) is 0 Å². The molecule has 0 unspecified atom stereocenters. The standard InChI is InChI=1S/C18H22ClN3O5S2/c1-26-15-11-16(27-2)14(10-13(15)19)20-17(23)12-21-5-7-22(8-6-21)29(24,25)18-4-3-9-28-18/h3-4,9-11H,5-8,12H2,1-2H3,(H,20,23). The molecule has 1 aromatic carbocycles. The fourth-order valence-electron chi connectivity index (χ4n) is 3.02. The summed E-state index contributed by atoms with van der Waals surface area (Å²) < 4.78 is 37.4. The third-order valence-electron chi connectivity index (χ3n) is 4.54. The molecule has 0 saturated carbocycles. The summed E-state index contributed by atoms with van der Waals surface area (Å²) in [5, 5.41) is 4.89. The molecule has 29 heavy (non-hydrogen) atoms. The van der Waals surface area contributed by atoms with Gasteiger partial charge in [0.2, 0.25) is 5.91 Å². The van der Waals surface area contributed by atoms with Crippen molar-refractivity contribution in [1.29, 1.82) is 0 Å². The molecule has 0 radical (unpaired) electrons. The maximum atomic E-state index is 12.6. The molecule has 2 heterocycles. The largest absolute Gasteiger partial charge is 0.495 e. The number of amides is 1. The minimum Gasteiger partial charge on any atom is -0.495 e. The summed E-state index contributed by atoms with van der Waals surface area (Å²) in [7, 11) is -0.469. The number of methoxy groups -OCH3 is 2. The van der Waals surface area contributed by atoms with Gasteiger partial charge in [0.05, 0.1) is 31.5 Å². The topological polar surface area (TPSA) is 88.2 Å². The van der Waals surface area contributed by atoms with Crippen LogP contribution in [0.4, 0.5) is 5.69 Å². The van der Waals surface area contributed by atoms with Crippen LogP contribution in [-0.2, 0) is 14.8 Å². The van der Waals surface area contributed by atoms with Gasteiger partial charge in [-0.3, -0.25) is 9.69 Å². The zero-order chi connectivity index (χ0) is 21.0. The van der Waals surface area contributed by atoms with Crippen LogP contribution in [0.5, 0.6) is 11.5 Å². The molecule has 11 heteroatoms. The van der Waals surface area contributed by atoms with E-state index in [-0.39, 0.29) is 12.5 Å². The van der Waals surface area contributed by atoms with Crippen LogP contribution in [0.15, 0.2) is 33.9 Å². The van der Waals surface area contributed by atoms with Crippen molar-refractivity contribution in [2.45, 2.75) is 4.21 Å². The van der Waals surface area contributed by atoms with Crippen molar-refractivity contribution in [2.75, 3.05) is 52.3 Å². The molecule has 3 rings (SSSR count). The Morgan fingerprint density at radius 2 is 1.86 bits per heavy atom. The highest BCUT2D eigenvalue weighted by Gasteiger charge is 2.29. The second-order valence-corrected chi connectivity index (χ2v) is 9.87. The van der Waals surface area contributed by atoms with Crippen LogP contribution in [-0.4, -0.2) is 70.5 Å². The Hall–Kier alpha value is -1.85. The molecular formula is C18H22ClN3O5S2. The smallest absolute Gasteiger partial charge is 0.252 e. The second-order valence-electron chi connectivity index (χ2n) is 6.35. The summed E-state index contributed by atoms with van der Waals surface area (Å²) >= 11 is 7.34. The molecule has 1 fully saturated rings. The van der Waals surface area contributed by atoms with E-state index in [0.29, 0.717) is 52.6 Å². The lowest BCUT2D eigenvalue weighted by atomic mass is 10.2. The number of nitrogens with one attached hydrogen (secondary N) is 1. The van der Waals surface area contributed by atoms with Gasteiger partial charge in [0.25, 0.3) is 10.0 Å². The highest BCUT2D eigenvalue weighted by molar-refractivity contribution is 7.91. The lowest BCUT2D eigenvalue weighted by molar-refractivity contribution is -0.117. The van der Waals surface area contributed by atoms with E-state index < -0.39 is 10.0 Å². The average molecular weight is 460 g/mol.